The first-order valence-electron chi connectivity index (χ1n) is 9.25. The molecule has 2 aromatic carbocycles. The molecular weight excluding hydrogens is 326 g/mol. The molecule has 0 saturated carbocycles. The van der Waals surface area contributed by atoms with E-state index in [0.717, 1.165) is 18.7 Å². The van der Waals surface area contributed by atoms with Crippen molar-refractivity contribution in [2.45, 2.75) is 26.1 Å². The second-order valence-corrected chi connectivity index (χ2v) is 5.61. The number of nitrogens with one attached hydrogen (secondary N) is 1. The van der Waals surface area contributed by atoms with E-state index in [0.29, 0.717) is 24.7 Å². The fraction of sp³-hybridized carbons (Fsp3) is 0.364. The zero-order valence-electron chi connectivity index (χ0n) is 15.7. The Hall–Kier alpha value is -2.30. The summed E-state index contributed by atoms with van der Waals surface area (Å²) in [5, 5.41) is 3.37. The lowest BCUT2D eigenvalue weighted by Crippen LogP contribution is -2.43. The molecule has 26 heavy (non-hydrogen) atoms. The zero-order chi connectivity index (χ0) is 18.6. The minimum absolute atomic E-state index is 0.0476. The molecule has 1 fully saturated rings. The Labute approximate surface area is 156 Å². The fourth-order valence-electron chi connectivity index (χ4n) is 2.73. The Morgan fingerprint density at radius 1 is 1.12 bits per heavy atom. The quantitative estimate of drug-likeness (QED) is 0.748. The Morgan fingerprint density at radius 2 is 1.81 bits per heavy atom. The molecule has 0 bridgehead atoms. The van der Waals surface area contributed by atoms with Gasteiger partial charge in [0.1, 0.15) is 12.7 Å². The molecule has 0 aromatic heterocycles. The van der Waals surface area contributed by atoms with Crippen molar-refractivity contribution in [1.29, 1.82) is 0 Å². The van der Waals surface area contributed by atoms with Gasteiger partial charge in [-0.05, 0) is 17.7 Å². The molecule has 1 N–H and O–H groups in total. The maximum absolute atomic E-state index is 6.34. The molecule has 1 saturated heterocycles. The third-order valence-corrected chi connectivity index (χ3v) is 3.88. The van der Waals surface area contributed by atoms with Crippen LogP contribution in [0, 0.1) is 0 Å². The zero-order valence-corrected chi connectivity index (χ0v) is 15.7. The maximum atomic E-state index is 6.34. The van der Waals surface area contributed by atoms with Crippen LogP contribution in [0.1, 0.15) is 25.5 Å². The Balaban J connectivity index is 0.00000117. The van der Waals surface area contributed by atoms with Gasteiger partial charge in [0.15, 0.2) is 17.6 Å². The number of para-hydroxylation sites is 2. The molecule has 4 heteroatoms. The summed E-state index contributed by atoms with van der Waals surface area (Å²) in [5.41, 5.74) is 1.09. The molecule has 2 atom stereocenters. The summed E-state index contributed by atoms with van der Waals surface area (Å²) in [6.45, 7) is 10.5. The molecule has 2 unspecified atom stereocenters. The van der Waals surface area contributed by atoms with E-state index in [1.807, 2.05) is 56.3 Å². The third-order valence-electron chi connectivity index (χ3n) is 3.88. The van der Waals surface area contributed by atoms with Crippen LogP contribution in [0.5, 0.6) is 11.5 Å². The van der Waals surface area contributed by atoms with Crippen molar-refractivity contribution in [2.24, 2.45) is 0 Å². The number of hydrogen-bond donors (Lipinski definition) is 1. The van der Waals surface area contributed by atoms with Crippen molar-refractivity contribution in [3.63, 3.8) is 0 Å². The molecule has 0 amide bonds. The number of hydrogen-bond acceptors (Lipinski definition) is 4. The highest BCUT2D eigenvalue weighted by atomic mass is 16.6. The minimum atomic E-state index is -0.201. The number of ether oxygens (including phenoxy) is 3. The van der Waals surface area contributed by atoms with E-state index in [-0.39, 0.29) is 12.2 Å². The topological polar surface area (TPSA) is 39.7 Å². The summed E-state index contributed by atoms with van der Waals surface area (Å²) in [6.07, 6.45) is 1.47. The van der Waals surface area contributed by atoms with Crippen molar-refractivity contribution >= 4 is 0 Å². The summed E-state index contributed by atoms with van der Waals surface area (Å²) < 4.78 is 18.0. The summed E-state index contributed by atoms with van der Waals surface area (Å²) in [5.74, 6) is 1.42. The van der Waals surface area contributed by atoms with Gasteiger partial charge in [-0.25, -0.2) is 0 Å². The van der Waals surface area contributed by atoms with Gasteiger partial charge in [0.05, 0.1) is 6.61 Å². The molecule has 1 aliphatic heterocycles. The molecule has 3 rings (SSSR count). The summed E-state index contributed by atoms with van der Waals surface area (Å²) in [6, 6.07) is 17.9. The van der Waals surface area contributed by atoms with Crippen LogP contribution in [-0.4, -0.2) is 32.4 Å². The monoisotopic (exact) mass is 355 g/mol. The van der Waals surface area contributed by atoms with Crippen molar-refractivity contribution in [3.05, 3.63) is 72.8 Å². The van der Waals surface area contributed by atoms with E-state index in [1.165, 1.54) is 0 Å². The first kappa shape index (κ1) is 20.0. The van der Waals surface area contributed by atoms with Crippen LogP contribution >= 0.6 is 0 Å². The molecule has 140 valence electrons. The first-order chi connectivity index (χ1) is 12.9. The summed E-state index contributed by atoms with van der Waals surface area (Å²) in [4.78, 5) is 0. The highest BCUT2D eigenvalue weighted by Crippen LogP contribution is 2.33. The van der Waals surface area contributed by atoms with Crippen LogP contribution in [0.2, 0.25) is 0 Å². The second kappa shape index (κ2) is 11.3. The number of rotatable bonds is 7. The number of morpholine rings is 1. The molecule has 4 nitrogen and oxygen atoms in total. The van der Waals surface area contributed by atoms with Gasteiger partial charge < -0.3 is 19.5 Å². The van der Waals surface area contributed by atoms with Crippen LogP contribution in [0.3, 0.4) is 0 Å². The van der Waals surface area contributed by atoms with E-state index >= 15 is 0 Å². The van der Waals surface area contributed by atoms with Crippen LogP contribution in [0.4, 0.5) is 0 Å². The highest BCUT2D eigenvalue weighted by molar-refractivity contribution is 5.40. The minimum Gasteiger partial charge on any atom is -0.486 e. The van der Waals surface area contributed by atoms with E-state index in [9.17, 15) is 0 Å². The molecule has 2 aromatic rings. The van der Waals surface area contributed by atoms with Crippen LogP contribution in [0.15, 0.2) is 67.3 Å². The SMILES string of the molecule is C=CCOc1ccccc1OC(c1ccccc1)C1CNCCO1.CC. The molecule has 0 spiro atoms. The average molecular weight is 355 g/mol. The van der Waals surface area contributed by atoms with Crippen LogP contribution < -0.4 is 14.8 Å². The van der Waals surface area contributed by atoms with Gasteiger partial charge in [-0.1, -0.05) is 69.0 Å². The smallest absolute Gasteiger partial charge is 0.162 e. The van der Waals surface area contributed by atoms with Gasteiger partial charge in [0.2, 0.25) is 0 Å². The average Bonchev–Trinajstić information content (AvgIpc) is 2.74. The van der Waals surface area contributed by atoms with Gasteiger partial charge in [-0.2, -0.15) is 0 Å². The standard InChI is InChI=1S/C20H23NO3.C2H6/c1-2-13-22-17-10-6-7-11-18(17)24-20(16-8-4-3-5-9-16)19-15-21-12-14-23-19;1-2/h2-11,19-21H,1,12-15H2;1-2H3. The largest absolute Gasteiger partial charge is 0.486 e. The van der Waals surface area contributed by atoms with Gasteiger partial charge in [0, 0.05) is 13.1 Å². The Bertz CT molecular complexity index is 639. The molecule has 0 radical (unpaired) electrons. The molecule has 1 aliphatic rings. The van der Waals surface area contributed by atoms with Gasteiger partial charge in [-0.15, -0.1) is 0 Å². The van der Waals surface area contributed by atoms with E-state index < -0.39 is 0 Å². The lowest BCUT2D eigenvalue weighted by Gasteiger charge is -2.32. The van der Waals surface area contributed by atoms with Crippen molar-refractivity contribution in [3.8, 4) is 11.5 Å². The normalized spacial score (nSPS) is 17.4. The second-order valence-electron chi connectivity index (χ2n) is 5.61. The number of benzene rings is 2. The van der Waals surface area contributed by atoms with Crippen LogP contribution in [-0.2, 0) is 4.74 Å². The Morgan fingerprint density at radius 3 is 2.46 bits per heavy atom. The van der Waals surface area contributed by atoms with Gasteiger partial charge >= 0.3 is 0 Å². The lowest BCUT2D eigenvalue weighted by molar-refractivity contribution is -0.0439. The molecule has 0 aliphatic carbocycles. The van der Waals surface area contributed by atoms with Crippen molar-refractivity contribution in [2.75, 3.05) is 26.3 Å². The Kier molecular flexibility index (Phi) is 8.73. The van der Waals surface area contributed by atoms with E-state index in [1.54, 1.807) is 6.08 Å². The van der Waals surface area contributed by atoms with E-state index in [4.69, 9.17) is 14.2 Å². The lowest BCUT2D eigenvalue weighted by atomic mass is 10.0. The summed E-state index contributed by atoms with van der Waals surface area (Å²) >= 11 is 0. The molecular formula is C22H29NO3. The van der Waals surface area contributed by atoms with Gasteiger partial charge in [-0.3, -0.25) is 0 Å². The molecule has 1 heterocycles. The predicted molar refractivity (Wildman–Crippen MR) is 106 cm³/mol. The first-order valence-corrected chi connectivity index (χ1v) is 9.25. The van der Waals surface area contributed by atoms with Crippen molar-refractivity contribution in [1.82, 2.24) is 5.32 Å². The van der Waals surface area contributed by atoms with Gasteiger partial charge in [0.25, 0.3) is 0 Å². The van der Waals surface area contributed by atoms with Crippen LogP contribution in [0.25, 0.3) is 0 Å². The highest BCUT2D eigenvalue weighted by Gasteiger charge is 2.28. The summed E-state index contributed by atoms with van der Waals surface area (Å²) in [7, 11) is 0. The fourth-order valence-corrected chi connectivity index (χ4v) is 2.73. The maximum Gasteiger partial charge on any atom is 0.162 e. The van der Waals surface area contributed by atoms with Crippen molar-refractivity contribution < 1.29 is 14.2 Å². The predicted octanol–water partition coefficient (Wildman–Crippen LogP) is 4.39. The van der Waals surface area contributed by atoms with E-state index in [2.05, 4.69) is 24.0 Å². The third kappa shape index (κ3) is 5.61.